The van der Waals surface area contributed by atoms with Crippen LogP contribution in [-0.2, 0) is 0 Å². The Morgan fingerprint density at radius 2 is 1.95 bits per heavy atom. The third-order valence-electron chi connectivity index (χ3n) is 1.90. The van der Waals surface area contributed by atoms with Crippen molar-refractivity contribution in [3.05, 3.63) is 22.4 Å². The molecule has 0 saturated heterocycles. The van der Waals surface area contributed by atoms with Crippen molar-refractivity contribution in [2.45, 2.75) is 5.16 Å². The average Bonchev–Trinajstić information content (AvgIpc) is 2.74. The van der Waals surface area contributed by atoms with Crippen LogP contribution < -0.4 is 10.6 Å². The molecule has 0 aliphatic carbocycles. The lowest BCUT2D eigenvalue weighted by Gasteiger charge is -2.05. The zero-order valence-corrected chi connectivity index (χ0v) is 11.9. The van der Waals surface area contributed by atoms with Crippen LogP contribution in [0.3, 0.4) is 0 Å². The molecule has 3 N–H and O–H groups in total. The number of pyridine rings is 1. The van der Waals surface area contributed by atoms with Crippen molar-refractivity contribution in [3.63, 3.8) is 0 Å². The van der Waals surface area contributed by atoms with Crippen molar-refractivity contribution in [2.75, 3.05) is 16.9 Å². The van der Waals surface area contributed by atoms with Gasteiger partial charge in [0.2, 0.25) is 11.1 Å². The molecule has 10 heteroatoms. The Bertz CT molecular complexity index is 584. The second-order valence-corrected chi connectivity index (χ2v) is 4.80. The maximum atomic E-state index is 11.7. The predicted octanol–water partition coefficient (Wildman–Crippen LogP) is 2.87. The first-order chi connectivity index (χ1) is 9.06. The number of halogens is 2. The van der Waals surface area contributed by atoms with Crippen LogP contribution in [0, 0.1) is 0 Å². The molecule has 0 aliphatic rings. The van der Waals surface area contributed by atoms with Crippen molar-refractivity contribution >= 4 is 52.6 Å². The van der Waals surface area contributed by atoms with E-state index in [9.17, 15) is 4.79 Å². The Kier molecular flexibility index (Phi) is 4.46. The molecule has 2 aromatic heterocycles. The van der Waals surface area contributed by atoms with Crippen molar-refractivity contribution in [1.29, 1.82) is 0 Å². The summed E-state index contributed by atoms with van der Waals surface area (Å²) >= 11 is 12.8. The van der Waals surface area contributed by atoms with Gasteiger partial charge in [-0.05, 0) is 18.4 Å². The highest BCUT2D eigenvalue weighted by atomic mass is 35.5. The molecule has 2 rings (SSSR count). The van der Waals surface area contributed by atoms with Crippen LogP contribution in [0.5, 0.6) is 0 Å². The smallest absolute Gasteiger partial charge is 0.307 e. The van der Waals surface area contributed by atoms with Gasteiger partial charge in [0.05, 0.1) is 0 Å². The van der Waals surface area contributed by atoms with Crippen LogP contribution in [0.25, 0.3) is 0 Å². The van der Waals surface area contributed by atoms with Gasteiger partial charge in [-0.2, -0.15) is 4.98 Å². The summed E-state index contributed by atoms with van der Waals surface area (Å²) in [6.07, 6.45) is 1.83. The normalized spacial score (nSPS) is 10.3. The number of anilines is 2. The van der Waals surface area contributed by atoms with Crippen LogP contribution >= 0.6 is 35.0 Å². The number of urea groups is 1. The van der Waals surface area contributed by atoms with E-state index in [0.29, 0.717) is 10.8 Å². The van der Waals surface area contributed by atoms with E-state index < -0.39 is 6.03 Å². The van der Waals surface area contributed by atoms with E-state index in [4.69, 9.17) is 23.2 Å². The Balaban J connectivity index is 2.00. The quantitative estimate of drug-likeness (QED) is 0.597. The molecule has 0 spiro atoms. The first-order valence-electron chi connectivity index (χ1n) is 4.94. The second-order valence-electron chi connectivity index (χ2n) is 3.25. The molecular formula is C9H8Cl2N6OS. The van der Waals surface area contributed by atoms with Gasteiger partial charge in [0.15, 0.2) is 0 Å². The van der Waals surface area contributed by atoms with Gasteiger partial charge in [-0.1, -0.05) is 35.0 Å². The highest BCUT2D eigenvalue weighted by Gasteiger charge is 2.08. The number of nitrogens with one attached hydrogen (secondary N) is 3. The number of carbonyl (C=O) groups is 1. The average molecular weight is 319 g/mol. The maximum Gasteiger partial charge on any atom is 0.326 e. The molecule has 0 aliphatic heterocycles. The molecule has 2 amide bonds. The van der Waals surface area contributed by atoms with E-state index in [2.05, 4.69) is 30.8 Å². The fourth-order valence-electron chi connectivity index (χ4n) is 1.20. The van der Waals surface area contributed by atoms with Crippen LogP contribution in [-0.4, -0.2) is 32.5 Å². The van der Waals surface area contributed by atoms with E-state index in [-0.39, 0.29) is 16.3 Å². The van der Waals surface area contributed by atoms with Crippen molar-refractivity contribution in [2.24, 2.45) is 0 Å². The van der Waals surface area contributed by atoms with E-state index in [0.717, 1.165) is 0 Å². The Labute approximate surface area is 122 Å². The summed E-state index contributed by atoms with van der Waals surface area (Å²) in [5.74, 6) is 0.244. The molecule has 0 unspecified atom stereocenters. The minimum Gasteiger partial charge on any atom is -0.307 e. The summed E-state index contributed by atoms with van der Waals surface area (Å²) in [5.41, 5.74) is 0.423. The molecule has 2 heterocycles. The third-order valence-corrected chi connectivity index (χ3v) is 2.84. The predicted molar refractivity (Wildman–Crippen MR) is 75.1 cm³/mol. The highest BCUT2D eigenvalue weighted by molar-refractivity contribution is 7.98. The molecule has 19 heavy (non-hydrogen) atoms. The summed E-state index contributed by atoms with van der Waals surface area (Å²) in [4.78, 5) is 19.5. The van der Waals surface area contributed by atoms with Crippen molar-refractivity contribution in [3.8, 4) is 0 Å². The van der Waals surface area contributed by atoms with Gasteiger partial charge in [-0.3, -0.25) is 5.32 Å². The molecule has 0 radical (unpaired) electrons. The number of amides is 2. The standard InChI is InChI=1S/C9H8Cl2N6OS/c1-19-9-15-7(16-17-9)14-8(18)12-4-2-5(10)13-6(11)3-4/h2-3H,1H3,(H3,12,13,14,15,16,17,18). The van der Waals surface area contributed by atoms with Crippen molar-refractivity contribution in [1.82, 2.24) is 20.2 Å². The van der Waals surface area contributed by atoms with E-state index in [1.807, 2.05) is 6.26 Å². The minimum atomic E-state index is -0.498. The zero-order valence-electron chi connectivity index (χ0n) is 9.57. The number of carbonyl (C=O) groups excluding carboxylic acids is 1. The van der Waals surface area contributed by atoms with Gasteiger partial charge in [0.1, 0.15) is 10.3 Å². The Morgan fingerprint density at radius 3 is 2.53 bits per heavy atom. The first kappa shape index (κ1) is 13.9. The molecule has 7 nitrogen and oxygen atoms in total. The van der Waals surface area contributed by atoms with Crippen LogP contribution in [0.2, 0.25) is 10.3 Å². The molecule has 0 saturated carbocycles. The lowest BCUT2D eigenvalue weighted by atomic mass is 10.4. The largest absolute Gasteiger partial charge is 0.326 e. The summed E-state index contributed by atoms with van der Waals surface area (Å²) in [6, 6.07) is 2.45. The molecule has 2 aromatic rings. The molecular weight excluding hydrogens is 311 g/mol. The monoisotopic (exact) mass is 318 g/mol. The first-order valence-corrected chi connectivity index (χ1v) is 6.92. The van der Waals surface area contributed by atoms with E-state index in [1.54, 1.807) is 0 Å². The summed E-state index contributed by atoms with van der Waals surface area (Å²) in [7, 11) is 0. The maximum absolute atomic E-state index is 11.7. The zero-order chi connectivity index (χ0) is 13.8. The Morgan fingerprint density at radius 1 is 1.26 bits per heavy atom. The number of aromatic nitrogens is 4. The number of H-pyrrole nitrogens is 1. The number of rotatable bonds is 3. The number of hydrogen-bond donors (Lipinski definition) is 3. The lowest BCUT2D eigenvalue weighted by molar-refractivity contribution is 0.262. The second kappa shape index (κ2) is 6.09. The van der Waals surface area contributed by atoms with Gasteiger partial charge < -0.3 is 5.32 Å². The van der Waals surface area contributed by atoms with E-state index >= 15 is 0 Å². The van der Waals surface area contributed by atoms with Gasteiger partial charge in [0, 0.05) is 5.69 Å². The minimum absolute atomic E-state index is 0.187. The van der Waals surface area contributed by atoms with Gasteiger partial charge in [-0.15, -0.1) is 5.10 Å². The molecule has 0 aromatic carbocycles. The number of thioether (sulfide) groups is 1. The summed E-state index contributed by atoms with van der Waals surface area (Å²) in [5, 5.41) is 12.4. The van der Waals surface area contributed by atoms with Crippen LogP contribution in [0.4, 0.5) is 16.4 Å². The topological polar surface area (TPSA) is 95.6 Å². The summed E-state index contributed by atoms with van der Waals surface area (Å²) < 4.78 is 0. The third kappa shape index (κ3) is 3.98. The van der Waals surface area contributed by atoms with Crippen LogP contribution in [0.15, 0.2) is 17.3 Å². The van der Waals surface area contributed by atoms with E-state index in [1.165, 1.54) is 23.9 Å². The number of nitrogens with zero attached hydrogens (tertiary/aromatic N) is 3. The van der Waals surface area contributed by atoms with Gasteiger partial charge in [0.25, 0.3) is 0 Å². The van der Waals surface area contributed by atoms with Crippen molar-refractivity contribution < 1.29 is 4.79 Å². The molecule has 0 bridgehead atoms. The van der Waals surface area contributed by atoms with Crippen LogP contribution in [0.1, 0.15) is 0 Å². The van der Waals surface area contributed by atoms with Gasteiger partial charge >= 0.3 is 6.03 Å². The molecule has 0 fully saturated rings. The number of hydrogen-bond acceptors (Lipinski definition) is 5. The van der Waals surface area contributed by atoms with Gasteiger partial charge in [-0.25, -0.2) is 14.9 Å². The molecule has 0 atom stereocenters. The fraction of sp³-hybridized carbons (Fsp3) is 0.111. The SMILES string of the molecule is CSc1n[nH]c(NC(=O)Nc2cc(Cl)nc(Cl)c2)n1. The summed E-state index contributed by atoms with van der Waals surface area (Å²) in [6.45, 7) is 0. The highest BCUT2D eigenvalue weighted by Crippen LogP contribution is 2.18. The number of aromatic amines is 1. The Hall–Kier alpha value is -1.51. The molecule has 100 valence electrons. The fourth-order valence-corrected chi connectivity index (χ4v) is 1.98. The lowest BCUT2D eigenvalue weighted by Crippen LogP contribution is -2.20.